The van der Waals surface area contributed by atoms with Crippen molar-refractivity contribution in [2.24, 2.45) is 0 Å². The molecule has 0 atom stereocenters. The Morgan fingerprint density at radius 3 is 2.33 bits per heavy atom. The quantitative estimate of drug-likeness (QED) is 0.785. The van der Waals surface area contributed by atoms with Gasteiger partial charge in [-0.05, 0) is 38.1 Å². The highest BCUT2D eigenvalue weighted by Gasteiger charge is 2.30. The molecule has 0 amide bonds. The first-order chi connectivity index (χ1) is 10.2. The maximum Gasteiger partial charge on any atom is 0.416 e. The van der Waals surface area contributed by atoms with E-state index in [4.69, 9.17) is 9.52 Å². The van der Waals surface area contributed by atoms with Gasteiger partial charge in [0.15, 0.2) is 0 Å². The zero-order valence-corrected chi connectivity index (χ0v) is 14.8. The van der Waals surface area contributed by atoms with Gasteiger partial charge in [0, 0.05) is 11.1 Å². The largest absolute Gasteiger partial charge is 0.460 e. The molecule has 1 heterocycles. The second-order valence-electron chi connectivity index (χ2n) is 5.74. The van der Waals surface area contributed by atoms with Gasteiger partial charge in [0.2, 0.25) is 0 Å². The second-order valence-corrected chi connectivity index (χ2v) is 5.74. The fraction of sp³-hybridized carbons (Fsp3) is 0.375. The predicted molar refractivity (Wildman–Crippen MR) is 91.6 cm³/mol. The Hall–Kier alpha value is -1.21. The molecule has 1 aromatic heterocycles. The van der Waals surface area contributed by atoms with Crippen LogP contribution in [-0.4, -0.2) is 17.3 Å². The number of aliphatic hydroxyl groups excluding tert-OH is 1. The van der Waals surface area contributed by atoms with Gasteiger partial charge in [0.25, 0.3) is 0 Å². The normalized spacial score (nSPS) is 11.6. The molecule has 0 fully saturated rings. The van der Waals surface area contributed by atoms with Crippen molar-refractivity contribution in [2.75, 3.05) is 6.61 Å². The molecule has 2 aromatic rings. The zero-order valence-electron chi connectivity index (χ0n) is 13.2. The van der Waals surface area contributed by atoms with Crippen LogP contribution < -0.4 is 5.32 Å². The number of alkyl halides is 3. The van der Waals surface area contributed by atoms with E-state index >= 15 is 0 Å². The van der Waals surface area contributed by atoms with Crippen molar-refractivity contribution in [3.05, 3.63) is 47.7 Å². The summed E-state index contributed by atoms with van der Waals surface area (Å²) < 4.78 is 43.7. The van der Waals surface area contributed by atoms with Crippen LogP contribution in [0.1, 0.15) is 25.2 Å². The number of furan rings is 1. The van der Waals surface area contributed by atoms with Crippen LogP contribution in [0.4, 0.5) is 13.2 Å². The Bertz CT molecular complexity index is 642. The molecule has 0 aliphatic rings. The van der Waals surface area contributed by atoms with E-state index in [2.05, 4.69) is 5.32 Å². The molecule has 136 valence electrons. The molecule has 3 nitrogen and oxygen atoms in total. The number of nitrogens with one attached hydrogen (secondary N) is 1. The molecule has 0 saturated carbocycles. The molecular formula is C16H20Cl2F3NO2. The molecule has 1 aromatic carbocycles. The van der Waals surface area contributed by atoms with Crippen LogP contribution in [0.3, 0.4) is 0 Å². The van der Waals surface area contributed by atoms with E-state index in [-0.39, 0.29) is 31.4 Å². The van der Waals surface area contributed by atoms with Crippen LogP contribution in [0.5, 0.6) is 0 Å². The smallest absolute Gasteiger partial charge is 0.416 e. The average Bonchev–Trinajstić information content (AvgIpc) is 2.94. The van der Waals surface area contributed by atoms with Crippen molar-refractivity contribution < 1.29 is 22.7 Å². The van der Waals surface area contributed by atoms with Crippen LogP contribution in [0, 0.1) is 0 Å². The topological polar surface area (TPSA) is 45.4 Å². The van der Waals surface area contributed by atoms with Crippen LogP contribution in [-0.2, 0) is 12.7 Å². The molecule has 0 aliphatic heterocycles. The van der Waals surface area contributed by atoms with E-state index in [1.165, 1.54) is 6.07 Å². The van der Waals surface area contributed by atoms with Crippen LogP contribution in [0.2, 0.25) is 0 Å². The van der Waals surface area contributed by atoms with Crippen LogP contribution in [0.15, 0.2) is 40.8 Å². The second kappa shape index (κ2) is 8.76. The lowest BCUT2D eigenvalue weighted by atomic mass is 10.1. The summed E-state index contributed by atoms with van der Waals surface area (Å²) >= 11 is 0. The molecule has 0 saturated heterocycles. The van der Waals surface area contributed by atoms with Gasteiger partial charge in [0.05, 0.1) is 18.7 Å². The molecule has 8 heteroatoms. The first-order valence-electron chi connectivity index (χ1n) is 6.83. The van der Waals surface area contributed by atoms with Gasteiger partial charge in [-0.1, -0.05) is 12.1 Å². The summed E-state index contributed by atoms with van der Waals surface area (Å²) in [4.78, 5) is 0. The number of benzene rings is 1. The standard InChI is InChI=1S/C16H18F3NO2.2ClH/c1-15(2,10-21)20-9-13-6-7-14(22-13)11-4-3-5-12(8-11)16(17,18)19;;/h3-8,20-21H,9-10H2,1-2H3;2*1H. The Labute approximate surface area is 151 Å². The van der Waals surface area contributed by atoms with E-state index in [0.717, 1.165) is 12.1 Å². The Balaban J connectivity index is 0.00000264. The highest BCUT2D eigenvalue weighted by Crippen LogP contribution is 2.32. The van der Waals surface area contributed by atoms with Gasteiger partial charge in [-0.2, -0.15) is 13.2 Å². The minimum Gasteiger partial charge on any atom is -0.460 e. The number of halogens is 5. The summed E-state index contributed by atoms with van der Waals surface area (Å²) in [6.07, 6.45) is -4.38. The first kappa shape index (κ1) is 22.8. The van der Waals surface area contributed by atoms with E-state index in [1.54, 1.807) is 18.2 Å². The Kier molecular flexibility index (Phi) is 8.32. The van der Waals surface area contributed by atoms with Gasteiger partial charge in [-0.3, -0.25) is 0 Å². The predicted octanol–water partition coefficient (Wildman–Crippen LogP) is 4.67. The zero-order chi connectivity index (χ0) is 16.4. The van der Waals surface area contributed by atoms with Gasteiger partial charge in [-0.25, -0.2) is 0 Å². The highest BCUT2D eigenvalue weighted by molar-refractivity contribution is 5.85. The Morgan fingerprint density at radius 2 is 1.75 bits per heavy atom. The third-order valence-corrected chi connectivity index (χ3v) is 3.27. The van der Waals surface area contributed by atoms with Gasteiger partial charge >= 0.3 is 6.18 Å². The van der Waals surface area contributed by atoms with Crippen LogP contribution in [0.25, 0.3) is 11.3 Å². The average molecular weight is 386 g/mol. The monoisotopic (exact) mass is 385 g/mol. The molecule has 24 heavy (non-hydrogen) atoms. The number of hydrogen-bond acceptors (Lipinski definition) is 3. The maximum atomic E-state index is 12.7. The van der Waals surface area contributed by atoms with Crippen molar-refractivity contribution in [2.45, 2.75) is 32.1 Å². The number of hydrogen-bond donors (Lipinski definition) is 2. The summed E-state index contributed by atoms with van der Waals surface area (Å²) in [6, 6.07) is 8.36. The summed E-state index contributed by atoms with van der Waals surface area (Å²) in [5.74, 6) is 0.971. The van der Waals surface area contributed by atoms with Gasteiger partial charge in [-0.15, -0.1) is 24.8 Å². The molecule has 2 N–H and O–H groups in total. The molecular weight excluding hydrogens is 366 g/mol. The fourth-order valence-electron chi connectivity index (χ4n) is 1.86. The lowest BCUT2D eigenvalue weighted by Crippen LogP contribution is -2.41. The summed E-state index contributed by atoms with van der Waals surface area (Å²) in [7, 11) is 0. The highest BCUT2D eigenvalue weighted by atomic mass is 35.5. The number of rotatable bonds is 5. The minimum absolute atomic E-state index is 0. The first-order valence-corrected chi connectivity index (χ1v) is 6.83. The van der Waals surface area contributed by atoms with Crippen molar-refractivity contribution in [3.8, 4) is 11.3 Å². The Morgan fingerprint density at radius 1 is 1.08 bits per heavy atom. The molecule has 0 unspecified atom stereocenters. The lowest BCUT2D eigenvalue weighted by Gasteiger charge is -2.22. The van der Waals surface area contributed by atoms with E-state index in [9.17, 15) is 13.2 Å². The van der Waals surface area contributed by atoms with Crippen LogP contribution >= 0.6 is 24.8 Å². The maximum absolute atomic E-state index is 12.7. The molecule has 0 bridgehead atoms. The third kappa shape index (κ3) is 6.02. The third-order valence-electron chi connectivity index (χ3n) is 3.27. The van der Waals surface area contributed by atoms with Crippen molar-refractivity contribution in [3.63, 3.8) is 0 Å². The van der Waals surface area contributed by atoms with E-state index in [1.807, 2.05) is 13.8 Å². The minimum atomic E-state index is -4.38. The summed E-state index contributed by atoms with van der Waals surface area (Å²) in [5, 5.41) is 12.3. The lowest BCUT2D eigenvalue weighted by molar-refractivity contribution is -0.137. The SMILES string of the molecule is CC(C)(CO)NCc1ccc(-c2cccc(C(F)(F)F)c2)o1.Cl.Cl. The van der Waals surface area contributed by atoms with E-state index in [0.29, 0.717) is 23.6 Å². The molecule has 0 aliphatic carbocycles. The van der Waals surface area contributed by atoms with E-state index < -0.39 is 17.3 Å². The molecule has 0 spiro atoms. The van der Waals surface area contributed by atoms with Crippen molar-refractivity contribution in [1.29, 1.82) is 0 Å². The fourth-order valence-corrected chi connectivity index (χ4v) is 1.86. The number of aliphatic hydroxyl groups is 1. The summed E-state index contributed by atoms with van der Waals surface area (Å²) in [6.45, 7) is 4.02. The van der Waals surface area contributed by atoms with Crippen molar-refractivity contribution >= 4 is 24.8 Å². The molecule has 0 radical (unpaired) electrons. The molecule has 2 rings (SSSR count). The van der Waals surface area contributed by atoms with Crippen molar-refractivity contribution in [1.82, 2.24) is 5.32 Å². The summed E-state index contributed by atoms with van der Waals surface area (Å²) in [5.41, 5.74) is -0.784. The van der Waals surface area contributed by atoms with Gasteiger partial charge in [0.1, 0.15) is 11.5 Å². The van der Waals surface area contributed by atoms with Gasteiger partial charge < -0.3 is 14.8 Å².